The highest BCUT2D eigenvalue weighted by molar-refractivity contribution is 7.98. The van der Waals surface area contributed by atoms with Crippen LogP contribution in [0.15, 0.2) is 23.0 Å². The molecule has 0 bridgehead atoms. The quantitative estimate of drug-likeness (QED) is 0.809. The minimum Gasteiger partial charge on any atom is -0.478 e. The number of aromatic nitrogens is 2. The Kier molecular flexibility index (Phi) is 3.76. The zero-order valence-corrected chi connectivity index (χ0v) is 10.8. The van der Waals surface area contributed by atoms with E-state index in [2.05, 4.69) is 4.98 Å². The molecule has 0 aliphatic carbocycles. The molecule has 18 heavy (non-hydrogen) atoms. The number of carboxylic acid groups (broad SMARTS) is 1. The summed E-state index contributed by atoms with van der Waals surface area (Å²) in [6.45, 7) is 0.532. The molecule has 96 valence electrons. The van der Waals surface area contributed by atoms with Gasteiger partial charge in [0.2, 0.25) is 0 Å². The second-order valence-electron chi connectivity index (χ2n) is 3.94. The fourth-order valence-corrected chi connectivity index (χ4v) is 2.39. The highest BCUT2D eigenvalue weighted by Crippen LogP contribution is 2.16. The van der Waals surface area contributed by atoms with Gasteiger partial charge in [0.05, 0.1) is 16.6 Å². The molecule has 1 aromatic carbocycles. The molecule has 5 nitrogen and oxygen atoms in total. The van der Waals surface area contributed by atoms with Gasteiger partial charge in [0.1, 0.15) is 0 Å². The lowest BCUT2D eigenvalue weighted by molar-refractivity contribution is 0.0698. The summed E-state index contributed by atoms with van der Waals surface area (Å²) < 4.78 is 1.51. The number of hydrogen-bond acceptors (Lipinski definition) is 3. The Morgan fingerprint density at radius 2 is 2.28 bits per heavy atom. The Hall–Kier alpha value is -1.69. The smallest absolute Gasteiger partial charge is 0.337 e. The topological polar surface area (TPSA) is 75.1 Å². The van der Waals surface area contributed by atoms with E-state index in [1.807, 2.05) is 6.26 Å². The SMILES string of the molecule is CSCCCn1c(=O)[nH]c2cccc(C(=O)O)c21. The van der Waals surface area contributed by atoms with Gasteiger partial charge in [0, 0.05) is 6.54 Å². The second kappa shape index (κ2) is 5.30. The molecule has 2 rings (SSSR count). The molecule has 0 saturated carbocycles. The summed E-state index contributed by atoms with van der Waals surface area (Å²) in [5.41, 5.74) is 0.968. The van der Waals surface area contributed by atoms with Crippen molar-refractivity contribution in [2.24, 2.45) is 0 Å². The molecule has 6 heteroatoms. The Morgan fingerprint density at radius 3 is 2.94 bits per heavy atom. The number of aryl methyl sites for hydroxylation is 1. The number of carbonyl (C=O) groups is 1. The minimum absolute atomic E-state index is 0.162. The number of nitrogens with one attached hydrogen (secondary N) is 1. The third-order valence-corrected chi connectivity index (χ3v) is 3.45. The van der Waals surface area contributed by atoms with Gasteiger partial charge in [-0.25, -0.2) is 9.59 Å². The molecule has 0 unspecified atom stereocenters. The van der Waals surface area contributed by atoms with Gasteiger partial charge in [-0.05, 0) is 30.6 Å². The maximum Gasteiger partial charge on any atom is 0.337 e. The van der Waals surface area contributed by atoms with E-state index in [1.165, 1.54) is 10.6 Å². The number of H-pyrrole nitrogens is 1. The molecule has 0 fully saturated rings. The fourth-order valence-electron chi connectivity index (χ4n) is 1.97. The normalized spacial score (nSPS) is 10.9. The Bertz CT molecular complexity index is 630. The van der Waals surface area contributed by atoms with Gasteiger partial charge in [-0.3, -0.25) is 4.57 Å². The molecule has 2 N–H and O–H groups in total. The Balaban J connectivity index is 2.53. The number of imidazole rings is 1. The van der Waals surface area contributed by atoms with Crippen molar-refractivity contribution in [2.45, 2.75) is 13.0 Å². The van der Waals surface area contributed by atoms with Crippen molar-refractivity contribution in [3.05, 3.63) is 34.2 Å². The van der Waals surface area contributed by atoms with Gasteiger partial charge in [0.15, 0.2) is 0 Å². The first-order valence-electron chi connectivity index (χ1n) is 5.59. The van der Waals surface area contributed by atoms with Crippen molar-refractivity contribution in [1.29, 1.82) is 0 Å². The van der Waals surface area contributed by atoms with E-state index < -0.39 is 5.97 Å². The van der Waals surface area contributed by atoms with Gasteiger partial charge in [-0.15, -0.1) is 0 Å². The van der Waals surface area contributed by atoms with Crippen molar-refractivity contribution in [2.75, 3.05) is 12.0 Å². The third-order valence-electron chi connectivity index (χ3n) is 2.75. The van der Waals surface area contributed by atoms with Crippen LogP contribution in [0.25, 0.3) is 11.0 Å². The van der Waals surface area contributed by atoms with Gasteiger partial charge in [-0.2, -0.15) is 11.8 Å². The predicted molar refractivity (Wildman–Crippen MR) is 72.5 cm³/mol. The van der Waals surface area contributed by atoms with Crippen LogP contribution >= 0.6 is 11.8 Å². The van der Waals surface area contributed by atoms with E-state index in [9.17, 15) is 9.59 Å². The number of rotatable bonds is 5. The zero-order chi connectivity index (χ0) is 13.1. The second-order valence-corrected chi connectivity index (χ2v) is 4.92. The van der Waals surface area contributed by atoms with Crippen LogP contribution in [0.5, 0.6) is 0 Å². The first-order chi connectivity index (χ1) is 8.65. The van der Waals surface area contributed by atoms with Crippen LogP contribution in [-0.4, -0.2) is 32.6 Å². The number of aromatic carboxylic acids is 1. The van der Waals surface area contributed by atoms with E-state index in [4.69, 9.17) is 5.11 Å². The molecular weight excluding hydrogens is 252 g/mol. The number of benzene rings is 1. The summed E-state index contributed by atoms with van der Waals surface area (Å²) in [7, 11) is 0. The van der Waals surface area contributed by atoms with Gasteiger partial charge < -0.3 is 10.1 Å². The number of para-hydroxylation sites is 1. The number of fused-ring (bicyclic) bond motifs is 1. The number of nitrogens with zero attached hydrogens (tertiary/aromatic N) is 1. The van der Waals surface area contributed by atoms with E-state index in [-0.39, 0.29) is 11.3 Å². The van der Waals surface area contributed by atoms with Gasteiger partial charge in [-0.1, -0.05) is 6.07 Å². The minimum atomic E-state index is -1.02. The van der Waals surface area contributed by atoms with Crippen LogP contribution in [0.2, 0.25) is 0 Å². The maximum atomic E-state index is 11.8. The fraction of sp³-hybridized carbons (Fsp3) is 0.333. The molecular formula is C12H14N2O3S. The Morgan fingerprint density at radius 1 is 1.50 bits per heavy atom. The summed E-state index contributed by atoms with van der Waals surface area (Å²) in [6.07, 6.45) is 2.84. The molecule has 0 amide bonds. The largest absolute Gasteiger partial charge is 0.478 e. The first kappa shape index (κ1) is 12.8. The van der Waals surface area contributed by atoms with Crippen LogP contribution in [0.4, 0.5) is 0 Å². The summed E-state index contributed by atoms with van der Waals surface area (Å²) in [5.74, 6) is -0.0767. The molecule has 1 heterocycles. The molecule has 1 aromatic heterocycles. The summed E-state index contributed by atoms with van der Waals surface area (Å²) in [4.78, 5) is 25.7. The molecule has 0 aliphatic heterocycles. The molecule has 0 aliphatic rings. The van der Waals surface area contributed by atoms with Crippen LogP contribution in [0.1, 0.15) is 16.8 Å². The molecule has 0 saturated heterocycles. The zero-order valence-electron chi connectivity index (χ0n) is 9.97. The standard InChI is InChI=1S/C12H14N2O3S/c1-18-7-3-6-14-10-8(11(15)16)4-2-5-9(10)13-12(14)17/h2,4-5H,3,6-7H2,1H3,(H,13,17)(H,15,16). The van der Waals surface area contributed by atoms with Crippen molar-refractivity contribution < 1.29 is 9.90 Å². The average molecular weight is 266 g/mol. The molecule has 0 spiro atoms. The number of carboxylic acids is 1. The van der Waals surface area contributed by atoms with E-state index in [0.29, 0.717) is 17.6 Å². The average Bonchev–Trinajstić information content (AvgIpc) is 2.65. The summed E-state index contributed by atoms with van der Waals surface area (Å²) in [6, 6.07) is 4.87. The van der Waals surface area contributed by atoms with Gasteiger partial charge in [0.25, 0.3) is 0 Å². The lowest BCUT2D eigenvalue weighted by Crippen LogP contribution is -2.18. The number of aromatic amines is 1. The monoisotopic (exact) mass is 266 g/mol. The van der Waals surface area contributed by atoms with E-state index in [1.54, 1.807) is 23.9 Å². The molecule has 0 atom stereocenters. The lowest BCUT2D eigenvalue weighted by atomic mass is 10.2. The number of thioether (sulfide) groups is 1. The lowest BCUT2D eigenvalue weighted by Gasteiger charge is -2.04. The first-order valence-corrected chi connectivity index (χ1v) is 6.98. The van der Waals surface area contributed by atoms with E-state index >= 15 is 0 Å². The van der Waals surface area contributed by atoms with Gasteiger partial charge >= 0.3 is 11.7 Å². The molecule has 2 aromatic rings. The van der Waals surface area contributed by atoms with Crippen LogP contribution in [-0.2, 0) is 6.54 Å². The maximum absolute atomic E-state index is 11.8. The highest BCUT2D eigenvalue weighted by atomic mass is 32.2. The summed E-state index contributed by atoms with van der Waals surface area (Å²) in [5, 5.41) is 9.15. The molecule has 0 radical (unpaired) electrons. The van der Waals surface area contributed by atoms with Crippen LogP contribution < -0.4 is 5.69 Å². The highest BCUT2D eigenvalue weighted by Gasteiger charge is 2.14. The van der Waals surface area contributed by atoms with Crippen LogP contribution in [0.3, 0.4) is 0 Å². The van der Waals surface area contributed by atoms with Crippen molar-refractivity contribution >= 4 is 28.8 Å². The summed E-state index contributed by atoms with van der Waals surface area (Å²) >= 11 is 1.70. The van der Waals surface area contributed by atoms with Crippen molar-refractivity contribution in [1.82, 2.24) is 9.55 Å². The Labute approximate surface area is 108 Å². The van der Waals surface area contributed by atoms with Crippen molar-refractivity contribution in [3.8, 4) is 0 Å². The van der Waals surface area contributed by atoms with Crippen molar-refractivity contribution in [3.63, 3.8) is 0 Å². The van der Waals surface area contributed by atoms with Crippen LogP contribution in [0, 0.1) is 0 Å². The predicted octanol–water partition coefficient (Wildman–Crippen LogP) is 1.78. The van der Waals surface area contributed by atoms with E-state index in [0.717, 1.165) is 12.2 Å². The third kappa shape index (κ3) is 2.28. The number of hydrogen-bond donors (Lipinski definition) is 2.